The smallest absolute Gasteiger partial charge is 0.309 e. The third-order valence-electron chi connectivity index (χ3n) is 4.77. The summed E-state index contributed by atoms with van der Waals surface area (Å²) in [6, 6.07) is 4.98. The lowest BCUT2D eigenvalue weighted by Gasteiger charge is -2.46. The standard InChI is InChI=1S/C17H20ClNO5S/c1-2-24-17(21)11-7-13-9-15(20)10-14(8-11)19(13)25(22,23)16-5-3-12(18)4-6-16/h3-6,11,13-14H,2,7-10H2,1H3. The molecule has 1 aromatic rings. The maximum Gasteiger partial charge on any atom is 0.309 e. The molecule has 6 nitrogen and oxygen atoms in total. The molecule has 0 aromatic heterocycles. The van der Waals surface area contributed by atoms with Crippen LogP contribution in [-0.2, 0) is 24.3 Å². The number of ketones is 1. The van der Waals surface area contributed by atoms with Gasteiger partial charge in [-0.3, -0.25) is 9.59 Å². The first-order chi connectivity index (χ1) is 11.8. The van der Waals surface area contributed by atoms with Crippen molar-refractivity contribution in [3.8, 4) is 0 Å². The number of Topliss-reactive ketones (excluding diaryl/α,β-unsaturated/α-hetero) is 1. The van der Waals surface area contributed by atoms with Gasteiger partial charge in [0, 0.05) is 29.9 Å². The molecule has 0 amide bonds. The number of benzene rings is 1. The second-order valence-corrected chi connectivity index (χ2v) is 8.74. The Hall–Kier alpha value is -1.44. The molecule has 2 heterocycles. The molecule has 2 aliphatic rings. The molecule has 2 aliphatic heterocycles. The van der Waals surface area contributed by atoms with E-state index in [1.807, 2.05) is 0 Å². The summed E-state index contributed by atoms with van der Waals surface area (Å²) >= 11 is 5.84. The lowest BCUT2D eigenvalue weighted by molar-refractivity contribution is -0.152. The topological polar surface area (TPSA) is 80.8 Å². The van der Waals surface area contributed by atoms with Gasteiger partial charge < -0.3 is 4.74 Å². The highest BCUT2D eigenvalue weighted by molar-refractivity contribution is 7.89. The van der Waals surface area contributed by atoms with E-state index in [0.717, 1.165) is 0 Å². The number of nitrogens with zero attached hydrogens (tertiary/aromatic N) is 1. The summed E-state index contributed by atoms with van der Waals surface area (Å²) in [6.45, 7) is 2.03. The molecule has 1 aromatic carbocycles. The number of halogens is 1. The van der Waals surface area contributed by atoms with Crippen LogP contribution in [0.15, 0.2) is 29.2 Å². The van der Waals surface area contributed by atoms with Crippen LogP contribution >= 0.6 is 11.6 Å². The molecule has 2 fully saturated rings. The molecule has 0 saturated carbocycles. The number of fused-ring (bicyclic) bond motifs is 2. The Labute approximate surface area is 152 Å². The number of hydrogen-bond acceptors (Lipinski definition) is 5. The molecular weight excluding hydrogens is 366 g/mol. The van der Waals surface area contributed by atoms with E-state index in [1.54, 1.807) is 6.92 Å². The number of carbonyl (C=O) groups is 2. The highest BCUT2D eigenvalue weighted by Crippen LogP contribution is 2.40. The quantitative estimate of drug-likeness (QED) is 0.743. The van der Waals surface area contributed by atoms with Crippen LogP contribution in [0.3, 0.4) is 0 Å². The summed E-state index contributed by atoms with van der Waals surface area (Å²) < 4.78 is 32.7. The zero-order chi connectivity index (χ0) is 18.2. The molecule has 2 bridgehead atoms. The fraction of sp³-hybridized carbons (Fsp3) is 0.529. The van der Waals surface area contributed by atoms with Crippen LogP contribution in [0.1, 0.15) is 32.6 Å². The van der Waals surface area contributed by atoms with Gasteiger partial charge in [0.2, 0.25) is 10.0 Å². The predicted octanol–water partition coefficient (Wildman–Crippen LogP) is 2.40. The highest BCUT2D eigenvalue weighted by atomic mass is 35.5. The van der Waals surface area contributed by atoms with Crippen molar-refractivity contribution in [2.45, 2.75) is 49.6 Å². The van der Waals surface area contributed by atoms with E-state index < -0.39 is 22.1 Å². The van der Waals surface area contributed by atoms with E-state index in [0.29, 0.717) is 17.9 Å². The van der Waals surface area contributed by atoms with E-state index in [-0.39, 0.29) is 42.0 Å². The van der Waals surface area contributed by atoms with E-state index in [1.165, 1.54) is 28.6 Å². The number of piperidine rings is 2. The van der Waals surface area contributed by atoms with Crippen LogP contribution in [0.25, 0.3) is 0 Å². The molecule has 0 aliphatic carbocycles. The minimum absolute atomic E-state index is 0.0415. The molecule has 0 N–H and O–H groups in total. The number of carbonyl (C=O) groups excluding carboxylic acids is 2. The van der Waals surface area contributed by atoms with Gasteiger partial charge in [0.05, 0.1) is 17.4 Å². The predicted molar refractivity (Wildman–Crippen MR) is 91.7 cm³/mol. The number of sulfonamides is 1. The molecule has 25 heavy (non-hydrogen) atoms. The first-order valence-electron chi connectivity index (χ1n) is 8.30. The number of ether oxygens (including phenoxy) is 1. The molecule has 2 saturated heterocycles. The molecular formula is C17H20ClNO5S. The van der Waals surface area contributed by atoms with Crippen LogP contribution in [0, 0.1) is 5.92 Å². The monoisotopic (exact) mass is 385 g/mol. The van der Waals surface area contributed by atoms with Gasteiger partial charge in [-0.2, -0.15) is 4.31 Å². The van der Waals surface area contributed by atoms with Crippen molar-refractivity contribution in [1.82, 2.24) is 4.31 Å². The second kappa shape index (κ2) is 7.05. The average Bonchev–Trinajstić information content (AvgIpc) is 2.53. The Morgan fingerprint density at radius 1 is 1.20 bits per heavy atom. The number of hydrogen-bond donors (Lipinski definition) is 0. The van der Waals surface area contributed by atoms with Crippen molar-refractivity contribution < 1.29 is 22.7 Å². The molecule has 2 unspecified atom stereocenters. The van der Waals surface area contributed by atoms with Crippen LogP contribution in [0.4, 0.5) is 0 Å². The van der Waals surface area contributed by atoms with Gasteiger partial charge in [0.1, 0.15) is 5.78 Å². The average molecular weight is 386 g/mol. The Morgan fingerprint density at radius 3 is 2.28 bits per heavy atom. The minimum atomic E-state index is -3.75. The van der Waals surface area contributed by atoms with Crippen LogP contribution in [0.2, 0.25) is 5.02 Å². The van der Waals surface area contributed by atoms with Crippen LogP contribution in [0.5, 0.6) is 0 Å². The molecule has 136 valence electrons. The van der Waals surface area contributed by atoms with Crippen LogP contribution < -0.4 is 0 Å². The number of rotatable bonds is 4. The Kier molecular flexibility index (Phi) is 5.18. The van der Waals surface area contributed by atoms with Gasteiger partial charge >= 0.3 is 5.97 Å². The molecule has 2 atom stereocenters. The van der Waals surface area contributed by atoms with Gasteiger partial charge in [-0.25, -0.2) is 8.42 Å². The zero-order valence-corrected chi connectivity index (χ0v) is 15.4. The third kappa shape index (κ3) is 3.59. The summed E-state index contributed by atoms with van der Waals surface area (Å²) in [7, 11) is -3.75. The summed E-state index contributed by atoms with van der Waals surface area (Å²) in [5.41, 5.74) is 0. The minimum Gasteiger partial charge on any atom is -0.466 e. The summed E-state index contributed by atoms with van der Waals surface area (Å²) in [4.78, 5) is 24.2. The SMILES string of the molecule is CCOC(=O)C1CC2CC(=O)CC(C1)N2S(=O)(=O)c1ccc(Cl)cc1. The van der Waals surface area contributed by atoms with Gasteiger partial charge in [-0.15, -0.1) is 0 Å². The van der Waals surface area contributed by atoms with Crippen molar-refractivity contribution in [2.75, 3.05) is 6.61 Å². The second-order valence-electron chi connectivity index (χ2n) is 6.46. The Morgan fingerprint density at radius 2 is 1.76 bits per heavy atom. The maximum absolute atomic E-state index is 13.1. The summed E-state index contributed by atoms with van der Waals surface area (Å²) in [6.07, 6.45) is 0.903. The summed E-state index contributed by atoms with van der Waals surface area (Å²) in [5, 5.41) is 0.454. The molecule has 8 heteroatoms. The first-order valence-corrected chi connectivity index (χ1v) is 10.1. The molecule has 0 radical (unpaired) electrons. The fourth-order valence-electron chi connectivity index (χ4n) is 3.79. The fourth-order valence-corrected chi connectivity index (χ4v) is 5.74. The molecule has 0 spiro atoms. The van der Waals surface area contributed by atoms with Gasteiger partial charge in [-0.05, 0) is 44.0 Å². The zero-order valence-electron chi connectivity index (χ0n) is 13.9. The largest absolute Gasteiger partial charge is 0.466 e. The lowest BCUT2D eigenvalue weighted by Crippen LogP contribution is -2.57. The maximum atomic E-state index is 13.1. The first kappa shape index (κ1) is 18.4. The summed E-state index contributed by atoms with van der Waals surface area (Å²) in [5.74, 6) is -0.630. The third-order valence-corrected chi connectivity index (χ3v) is 7.04. The number of esters is 1. The molecule has 3 rings (SSSR count). The lowest BCUT2D eigenvalue weighted by atomic mass is 9.80. The van der Waals surface area contributed by atoms with E-state index >= 15 is 0 Å². The normalized spacial score (nSPS) is 27.1. The van der Waals surface area contributed by atoms with Gasteiger partial charge in [0.25, 0.3) is 0 Å². The van der Waals surface area contributed by atoms with Gasteiger partial charge in [-0.1, -0.05) is 11.6 Å². The van der Waals surface area contributed by atoms with Crippen molar-refractivity contribution >= 4 is 33.4 Å². The van der Waals surface area contributed by atoms with Crippen molar-refractivity contribution in [1.29, 1.82) is 0 Å². The van der Waals surface area contributed by atoms with Gasteiger partial charge in [0.15, 0.2) is 0 Å². The van der Waals surface area contributed by atoms with E-state index in [9.17, 15) is 18.0 Å². The van der Waals surface area contributed by atoms with Crippen molar-refractivity contribution in [3.63, 3.8) is 0 Å². The van der Waals surface area contributed by atoms with Crippen molar-refractivity contribution in [3.05, 3.63) is 29.3 Å². The van der Waals surface area contributed by atoms with E-state index in [2.05, 4.69) is 0 Å². The Balaban J connectivity index is 1.90. The highest BCUT2D eigenvalue weighted by Gasteiger charge is 2.49. The Bertz CT molecular complexity index is 759. The van der Waals surface area contributed by atoms with Crippen molar-refractivity contribution in [2.24, 2.45) is 5.92 Å². The van der Waals surface area contributed by atoms with Crippen LogP contribution in [-0.4, -0.2) is 43.2 Å². The van der Waals surface area contributed by atoms with E-state index in [4.69, 9.17) is 16.3 Å².